The van der Waals surface area contributed by atoms with Crippen molar-refractivity contribution in [1.29, 1.82) is 0 Å². The maximum absolute atomic E-state index is 5.85. The highest BCUT2D eigenvalue weighted by Crippen LogP contribution is 2.26. The Morgan fingerprint density at radius 2 is 1.69 bits per heavy atom. The Kier molecular flexibility index (Phi) is 5.89. The first kappa shape index (κ1) is 18.8. The molecule has 2 aromatic carbocycles. The van der Waals surface area contributed by atoms with Crippen LogP contribution in [0.3, 0.4) is 0 Å². The third-order valence-electron chi connectivity index (χ3n) is 3.81. The summed E-state index contributed by atoms with van der Waals surface area (Å²) in [5.74, 6) is 1.94. The fourth-order valence-corrected chi connectivity index (χ4v) is 3.14. The molecule has 0 radical (unpaired) electrons. The molecule has 0 amide bonds. The summed E-state index contributed by atoms with van der Waals surface area (Å²) < 4.78 is 11.2. The SMILES string of the molecule is CC(C)(C)c1ccc(CSc2nnc(COc3ccc(Cl)cc3)o2)cc1. The molecule has 6 heteroatoms. The van der Waals surface area contributed by atoms with Crippen LogP contribution in [0.1, 0.15) is 37.8 Å². The summed E-state index contributed by atoms with van der Waals surface area (Å²) in [4.78, 5) is 0. The second kappa shape index (κ2) is 8.14. The Balaban J connectivity index is 1.51. The molecular weight excluding hydrogens is 368 g/mol. The van der Waals surface area contributed by atoms with Crippen LogP contribution >= 0.6 is 23.4 Å². The van der Waals surface area contributed by atoms with Gasteiger partial charge in [-0.25, -0.2) is 0 Å². The lowest BCUT2D eigenvalue weighted by atomic mass is 9.87. The Hall–Kier alpha value is -1.98. The molecule has 0 aliphatic rings. The number of aromatic nitrogens is 2. The summed E-state index contributed by atoms with van der Waals surface area (Å²) >= 11 is 7.37. The lowest BCUT2D eigenvalue weighted by Gasteiger charge is -2.19. The summed E-state index contributed by atoms with van der Waals surface area (Å²) in [5.41, 5.74) is 2.71. The minimum absolute atomic E-state index is 0.164. The molecule has 3 rings (SSSR count). The molecule has 0 spiro atoms. The van der Waals surface area contributed by atoms with Gasteiger partial charge in [0.2, 0.25) is 0 Å². The van der Waals surface area contributed by atoms with Gasteiger partial charge in [-0.2, -0.15) is 0 Å². The first-order chi connectivity index (χ1) is 12.4. The molecule has 0 bridgehead atoms. The summed E-state index contributed by atoms with van der Waals surface area (Å²) in [7, 11) is 0. The van der Waals surface area contributed by atoms with Gasteiger partial charge in [-0.15, -0.1) is 10.2 Å². The third-order valence-corrected chi connectivity index (χ3v) is 4.95. The molecule has 1 heterocycles. The van der Waals surface area contributed by atoms with E-state index in [9.17, 15) is 0 Å². The van der Waals surface area contributed by atoms with E-state index in [1.54, 1.807) is 24.3 Å². The van der Waals surface area contributed by atoms with Crippen LogP contribution < -0.4 is 4.74 Å². The molecule has 0 fully saturated rings. The molecule has 0 aliphatic heterocycles. The minimum Gasteiger partial charge on any atom is -0.484 e. The lowest BCUT2D eigenvalue weighted by Crippen LogP contribution is -2.10. The van der Waals surface area contributed by atoms with Crippen LogP contribution in [0.4, 0.5) is 0 Å². The summed E-state index contributed by atoms with van der Waals surface area (Å²) in [6, 6.07) is 15.8. The van der Waals surface area contributed by atoms with Crippen LogP contribution in [0.2, 0.25) is 5.02 Å². The van der Waals surface area contributed by atoms with E-state index in [0.29, 0.717) is 21.9 Å². The Labute approximate surface area is 162 Å². The maximum atomic E-state index is 5.85. The first-order valence-corrected chi connectivity index (χ1v) is 9.69. The monoisotopic (exact) mass is 388 g/mol. The number of nitrogens with zero attached hydrogens (tertiary/aromatic N) is 2. The number of hydrogen-bond acceptors (Lipinski definition) is 5. The molecule has 3 aromatic rings. The average molecular weight is 389 g/mol. The number of hydrogen-bond donors (Lipinski definition) is 0. The molecule has 0 saturated heterocycles. The van der Waals surface area contributed by atoms with Gasteiger partial charge in [0.15, 0.2) is 6.61 Å². The van der Waals surface area contributed by atoms with Gasteiger partial charge in [0.25, 0.3) is 11.1 Å². The predicted molar refractivity (Wildman–Crippen MR) is 105 cm³/mol. The topological polar surface area (TPSA) is 48.2 Å². The van der Waals surface area contributed by atoms with E-state index < -0.39 is 0 Å². The van der Waals surface area contributed by atoms with Crippen LogP contribution in [0, 0.1) is 0 Å². The zero-order valence-corrected chi connectivity index (χ0v) is 16.6. The summed E-state index contributed by atoms with van der Waals surface area (Å²) in [5, 5.41) is 9.29. The van der Waals surface area contributed by atoms with Crippen LogP contribution in [-0.4, -0.2) is 10.2 Å². The minimum atomic E-state index is 0.164. The van der Waals surface area contributed by atoms with Crippen molar-refractivity contribution in [2.75, 3.05) is 0 Å². The highest BCUT2D eigenvalue weighted by molar-refractivity contribution is 7.98. The van der Waals surface area contributed by atoms with E-state index in [1.807, 2.05) is 0 Å². The van der Waals surface area contributed by atoms with Crippen LogP contribution in [0.5, 0.6) is 5.75 Å². The largest absolute Gasteiger partial charge is 0.484 e. The molecule has 136 valence electrons. The van der Waals surface area contributed by atoms with Crippen LogP contribution in [-0.2, 0) is 17.8 Å². The molecule has 0 atom stereocenters. The van der Waals surface area contributed by atoms with Crippen molar-refractivity contribution in [2.45, 2.75) is 43.8 Å². The van der Waals surface area contributed by atoms with Crippen molar-refractivity contribution < 1.29 is 9.15 Å². The fourth-order valence-electron chi connectivity index (χ4n) is 2.28. The molecule has 0 unspecified atom stereocenters. The van der Waals surface area contributed by atoms with Crippen molar-refractivity contribution in [1.82, 2.24) is 10.2 Å². The average Bonchev–Trinajstić information content (AvgIpc) is 3.07. The van der Waals surface area contributed by atoms with Gasteiger partial charge in [0.05, 0.1) is 0 Å². The first-order valence-electron chi connectivity index (χ1n) is 8.33. The van der Waals surface area contributed by atoms with Crippen molar-refractivity contribution in [3.63, 3.8) is 0 Å². The summed E-state index contributed by atoms with van der Waals surface area (Å²) in [6.45, 7) is 6.87. The predicted octanol–water partition coefficient (Wildman–Crippen LogP) is 5.89. The van der Waals surface area contributed by atoms with Crippen LogP contribution in [0.15, 0.2) is 58.2 Å². The number of thioether (sulfide) groups is 1. The maximum Gasteiger partial charge on any atom is 0.277 e. The number of ether oxygens (including phenoxy) is 1. The van der Waals surface area contributed by atoms with Gasteiger partial charge in [-0.05, 0) is 40.8 Å². The second-order valence-corrected chi connectivity index (χ2v) is 8.30. The molecule has 0 saturated carbocycles. The number of halogens is 1. The van der Waals surface area contributed by atoms with Gasteiger partial charge in [0.1, 0.15) is 5.75 Å². The smallest absolute Gasteiger partial charge is 0.277 e. The molecular formula is C20H21ClN2O2S. The van der Waals surface area contributed by atoms with Gasteiger partial charge in [-0.1, -0.05) is 68.4 Å². The molecule has 26 heavy (non-hydrogen) atoms. The van der Waals surface area contributed by atoms with Gasteiger partial charge < -0.3 is 9.15 Å². The van der Waals surface area contributed by atoms with Crippen molar-refractivity contribution in [3.8, 4) is 5.75 Å². The zero-order chi connectivity index (χ0) is 18.6. The van der Waals surface area contributed by atoms with E-state index >= 15 is 0 Å². The fraction of sp³-hybridized carbons (Fsp3) is 0.300. The van der Waals surface area contributed by atoms with Gasteiger partial charge in [0, 0.05) is 10.8 Å². The molecule has 1 aromatic heterocycles. The number of benzene rings is 2. The quantitative estimate of drug-likeness (QED) is 0.492. The second-order valence-electron chi connectivity index (χ2n) is 6.94. The Bertz CT molecular complexity index is 839. The normalized spacial score (nSPS) is 11.5. The lowest BCUT2D eigenvalue weighted by molar-refractivity contribution is 0.252. The number of rotatable bonds is 6. The van der Waals surface area contributed by atoms with Crippen LogP contribution in [0.25, 0.3) is 0 Å². The highest BCUT2D eigenvalue weighted by atomic mass is 35.5. The molecule has 0 N–H and O–H groups in total. The zero-order valence-electron chi connectivity index (χ0n) is 15.0. The van der Waals surface area contributed by atoms with E-state index in [1.165, 1.54) is 22.9 Å². The van der Waals surface area contributed by atoms with Crippen molar-refractivity contribution in [2.24, 2.45) is 0 Å². The third kappa shape index (κ3) is 5.26. The van der Waals surface area contributed by atoms with E-state index in [4.69, 9.17) is 20.8 Å². The van der Waals surface area contributed by atoms with Gasteiger partial charge in [-0.3, -0.25) is 0 Å². The Morgan fingerprint density at radius 1 is 1.00 bits per heavy atom. The van der Waals surface area contributed by atoms with E-state index in [0.717, 1.165) is 5.75 Å². The molecule has 4 nitrogen and oxygen atoms in total. The Morgan fingerprint density at radius 3 is 2.35 bits per heavy atom. The molecule has 0 aliphatic carbocycles. The summed E-state index contributed by atoms with van der Waals surface area (Å²) in [6.07, 6.45) is 0. The van der Waals surface area contributed by atoms with Crippen molar-refractivity contribution in [3.05, 3.63) is 70.6 Å². The van der Waals surface area contributed by atoms with E-state index in [-0.39, 0.29) is 12.0 Å². The van der Waals surface area contributed by atoms with E-state index in [2.05, 4.69) is 55.2 Å². The van der Waals surface area contributed by atoms with Gasteiger partial charge >= 0.3 is 0 Å². The standard InChI is InChI=1S/C20H21ClN2O2S/c1-20(2,3)15-6-4-14(5-7-15)13-26-19-23-22-18(25-19)12-24-17-10-8-16(21)9-11-17/h4-11H,12-13H2,1-3H3. The highest BCUT2D eigenvalue weighted by Gasteiger charge is 2.13. The van der Waals surface area contributed by atoms with Crippen molar-refractivity contribution >= 4 is 23.4 Å².